The van der Waals surface area contributed by atoms with Crippen molar-refractivity contribution in [3.05, 3.63) is 19.2 Å². The van der Waals surface area contributed by atoms with Gasteiger partial charge in [-0.05, 0) is 57.7 Å². The molecular weight excluding hydrogens is 392 g/mol. The molecule has 0 aromatic carbocycles. The monoisotopic (exact) mass is 410 g/mol. The Morgan fingerprint density at radius 1 is 1.32 bits per heavy atom. The maximum absolute atomic E-state index is 12.0. The molecule has 0 aliphatic rings. The zero-order valence-corrected chi connectivity index (χ0v) is 15.4. The average molecular weight is 412 g/mol. The lowest BCUT2D eigenvalue weighted by Gasteiger charge is -2.12. The lowest BCUT2D eigenvalue weighted by Crippen LogP contribution is -2.14. The average Bonchev–Trinajstić information content (AvgIpc) is 2.68. The summed E-state index contributed by atoms with van der Waals surface area (Å²) in [4.78, 5) is 12.0. The van der Waals surface area contributed by atoms with Crippen LogP contribution >= 0.6 is 43.2 Å². The summed E-state index contributed by atoms with van der Waals surface area (Å²) < 4.78 is 7.20. The highest BCUT2D eigenvalue weighted by atomic mass is 79.9. The molecule has 0 bridgehead atoms. The fraction of sp³-hybridized carbons (Fsp3) is 0.643. The van der Waals surface area contributed by atoms with Gasteiger partial charge in [-0.15, -0.1) is 11.3 Å². The number of halogens is 2. The minimum absolute atomic E-state index is 0.0142. The number of unbranched alkanes of at least 4 members (excludes halogenated alkanes) is 4. The number of hydrogen-bond donors (Lipinski definition) is 0. The normalized spacial score (nSPS) is 12.4. The highest BCUT2D eigenvalue weighted by molar-refractivity contribution is 9.12. The Balaban J connectivity index is 2.30. The van der Waals surface area contributed by atoms with Crippen molar-refractivity contribution in [2.75, 3.05) is 0 Å². The van der Waals surface area contributed by atoms with Crippen molar-refractivity contribution in [3.8, 4) is 0 Å². The maximum atomic E-state index is 12.0. The largest absolute Gasteiger partial charge is 0.459 e. The number of esters is 1. The summed E-state index contributed by atoms with van der Waals surface area (Å²) in [7, 11) is 0. The van der Waals surface area contributed by atoms with Gasteiger partial charge in [-0.2, -0.15) is 0 Å². The molecule has 0 fully saturated rings. The number of rotatable bonds is 8. The lowest BCUT2D eigenvalue weighted by molar-refractivity contribution is 0.0319. The van der Waals surface area contributed by atoms with Gasteiger partial charge in [0.1, 0.15) is 0 Å². The molecule has 0 aliphatic carbocycles. The van der Waals surface area contributed by atoms with E-state index in [9.17, 15) is 4.79 Å². The number of ether oxygens (including phenoxy) is 1. The van der Waals surface area contributed by atoms with Gasteiger partial charge in [0.15, 0.2) is 0 Å². The summed E-state index contributed by atoms with van der Waals surface area (Å²) in [6.45, 7) is 4.17. The van der Waals surface area contributed by atoms with E-state index in [1.54, 1.807) is 6.07 Å². The second kappa shape index (κ2) is 9.14. The number of carbonyl (C=O) groups excluding carboxylic acids is 1. The molecule has 0 spiro atoms. The standard InChI is InChI=1S/C14H20Br2O2S/c1-3-4-5-6-7-8-10(2)18-14(17)11-9-12(15)19-13(11)16/h9-10H,3-8H2,1-2H3/t10-/m1/s1. The number of hydrogen-bond acceptors (Lipinski definition) is 3. The van der Waals surface area contributed by atoms with Crippen molar-refractivity contribution in [2.24, 2.45) is 0 Å². The highest BCUT2D eigenvalue weighted by Gasteiger charge is 2.17. The first-order valence-electron chi connectivity index (χ1n) is 6.70. The van der Waals surface area contributed by atoms with Crippen LogP contribution in [0.4, 0.5) is 0 Å². The van der Waals surface area contributed by atoms with Crippen molar-refractivity contribution >= 4 is 49.2 Å². The third-order valence-electron chi connectivity index (χ3n) is 2.90. The van der Waals surface area contributed by atoms with Gasteiger partial charge in [0.05, 0.1) is 19.2 Å². The second-order valence-electron chi connectivity index (χ2n) is 4.66. The third-order valence-corrected chi connectivity index (χ3v) is 5.24. The van der Waals surface area contributed by atoms with Gasteiger partial charge in [0.2, 0.25) is 0 Å². The van der Waals surface area contributed by atoms with E-state index in [1.165, 1.54) is 37.0 Å². The quantitative estimate of drug-likeness (QED) is 0.377. The highest BCUT2D eigenvalue weighted by Crippen LogP contribution is 2.32. The van der Waals surface area contributed by atoms with Crippen LogP contribution < -0.4 is 0 Å². The second-order valence-corrected chi connectivity index (χ2v) is 8.41. The third kappa shape index (κ3) is 6.41. The maximum Gasteiger partial charge on any atom is 0.340 e. The Morgan fingerprint density at radius 3 is 2.58 bits per heavy atom. The van der Waals surface area contributed by atoms with Gasteiger partial charge in [0.25, 0.3) is 0 Å². The number of thiophene rings is 1. The summed E-state index contributed by atoms with van der Waals surface area (Å²) in [5.41, 5.74) is 0.606. The molecule has 108 valence electrons. The Labute approximate surface area is 136 Å². The molecule has 0 saturated carbocycles. The molecule has 1 rings (SSSR count). The molecule has 1 aromatic heterocycles. The van der Waals surface area contributed by atoms with Crippen LogP contribution in [0.15, 0.2) is 13.6 Å². The van der Waals surface area contributed by atoms with E-state index in [4.69, 9.17) is 4.74 Å². The van der Waals surface area contributed by atoms with Crippen molar-refractivity contribution in [3.63, 3.8) is 0 Å². The van der Waals surface area contributed by atoms with E-state index in [0.717, 1.165) is 20.4 Å². The molecule has 0 aliphatic heterocycles. The first kappa shape index (κ1) is 17.2. The summed E-state index contributed by atoms with van der Waals surface area (Å²) in [5.74, 6) is -0.241. The zero-order valence-electron chi connectivity index (χ0n) is 11.4. The van der Waals surface area contributed by atoms with Crippen LogP contribution in [-0.4, -0.2) is 12.1 Å². The van der Waals surface area contributed by atoms with Crippen LogP contribution in [-0.2, 0) is 4.74 Å². The first-order valence-corrected chi connectivity index (χ1v) is 9.10. The summed E-state index contributed by atoms with van der Waals surface area (Å²) in [5, 5.41) is 0. The molecule has 1 heterocycles. The van der Waals surface area contributed by atoms with Crippen LogP contribution in [0.2, 0.25) is 0 Å². The van der Waals surface area contributed by atoms with Crippen LogP contribution in [0.3, 0.4) is 0 Å². The van der Waals surface area contributed by atoms with Crippen LogP contribution in [0.5, 0.6) is 0 Å². The fourth-order valence-electron chi connectivity index (χ4n) is 1.82. The van der Waals surface area contributed by atoms with Crippen molar-refractivity contribution in [1.82, 2.24) is 0 Å². The Kier molecular flexibility index (Phi) is 8.26. The molecule has 0 radical (unpaired) electrons. The summed E-state index contributed by atoms with van der Waals surface area (Å²) in [6, 6.07) is 1.80. The Bertz CT molecular complexity index is 404. The topological polar surface area (TPSA) is 26.3 Å². The number of carbonyl (C=O) groups is 1. The molecule has 1 atom stereocenters. The summed E-state index contributed by atoms with van der Waals surface area (Å²) in [6.07, 6.45) is 7.11. The van der Waals surface area contributed by atoms with E-state index < -0.39 is 0 Å². The van der Waals surface area contributed by atoms with E-state index in [0.29, 0.717) is 5.56 Å². The van der Waals surface area contributed by atoms with Gasteiger partial charge >= 0.3 is 5.97 Å². The molecule has 0 saturated heterocycles. The van der Waals surface area contributed by atoms with Crippen molar-refractivity contribution in [1.29, 1.82) is 0 Å². The van der Waals surface area contributed by atoms with Gasteiger partial charge < -0.3 is 4.74 Å². The van der Waals surface area contributed by atoms with Crippen LogP contribution in [0.25, 0.3) is 0 Å². The molecule has 5 heteroatoms. The molecule has 2 nitrogen and oxygen atoms in total. The lowest BCUT2D eigenvalue weighted by atomic mass is 10.1. The van der Waals surface area contributed by atoms with E-state index in [2.05, 4.69) is 38.8 Å². The van der Waals surface area contributed by atoms with Gasteiger partial charge in [0, 0.05) is 0 Å². The Morgan fingerprint density at radius 2 is 2.00 bits per heavy atom. The van der Waals surface area contributed by atoms with Crippen molar-refractivity contribution in [2.45, 2.75) is 58.5 Å². The molecule has 0 amide bonds. The predicted molar refractivity (Wildman–Crippen MR) is 88.0 cm³/mol. The van der Waals surface area contributed by atoms with Gasteiger partial charge in [-0.25, -0.2) is 4.79 Å². The first-order chi connectivity index (χ1) is 9.04. The molecular formula is C14H20Br2O2S. The molecule has 0 N–H and O–H groups in total. The minimum atomic E-state index is -0.241. The fourth-order valence-corrected chi connectivity index (χ4v) is 4.59. The minimum Gasteiger partial charge on any atom is -0.459 e. The SMILES string of the molecule is CCCCCCC[C@@H](C)OC(=O)c1cc(Br)sc1Br. The smallest absolute Gasteiger partial charge is 0.340 e. The van der Waals surface area contributed by atoms with E-state index >= 15 is 0 Å². The van der Waals surface area contributed by atoms with Gasteiger partial charge in [-0.1, -0.05) is 32.6 Å². The Hall–Kier alpha value is 0.130. The molecule has 0 unspecified atom stereocenters. The molecule has 19 heavy (non-hydrogen) atoms. The van der Waals surface area contributed by atoms with Crippen LogP contribution in [0.1, 0.15) is 62.7 Å². The molecule has 1 aromatic rings. The van der Waals surface area contributed by atoms with Gasteiger partial charge in [-0.3, -0.25) is 0 Å². The van der Waals surface area contributed by atoms with Crippen molar-refractivity contribution < 1.29 is 9.53 Å². The van der Waals surface area contributed by atoms with Crippen LogP contribution in [0, 0.1) is 0 Å². The summed E-state index contributed by atoms with van der Waals surface area (Å²) >= 11 is 8.22. The predicted octanol–water partition coefficient (Wildman–Crippen LogP) is 6.18. The van der Waals surface area contributed by atoms with E-state index in [-0.39, 0.29) is 12.1 Å². The van der Waals surface area contributed by atoms with E-state index in [1.807, 2.05) is 6.92 Å². The zero-order chi connectivity index (χ0) is 14.3.